The minimum absolute atomic E-state index is 0.0572. The van der Waals surface area contributed by atoms with Gasteiger partial charge in [0.1, 0.15) is 0 Å². The normalized spacial score (nSPS) is 10.1. The number of halogens is 1. The molecule has 3 nitrogen and oxygen atoms in total. The Hall–Kier alpha value is -1.81. The predicted octanol–water partition coefficient (Wildman–Crippen LogP) is 4.06. The SMILES string of the molecule is CCc1cccc(NC(=O)CNc2cccc(Br)c2)c1. The van der Waals surface area contributed by atoms with Crippen LogP contribution in [0.15, 0.2) is 53.0 Å². The van der Waals surface area contributed by atoms with Gasteiger partial charge in [-0.1, -0.05) is 41.1 Å². The van der Waals surface area contributed by atoms with Crippen LogP contribution >= 0.6 is 15.9 Å². The van der Waals surface area contributed by atoms with Gasteiger partial charge in [0.15, 0.2) is 0 Å². The van der Waals surface area contributed by atoms with Crippen LogP contribution in [0.25, 0.3) is 0 Å². The van der Waals surface area contributed by atoms with E-state index < -0.39 is 0 Å². The molecule has 0 saturated carbocycles. The first-order valence-corrected chi connectivity index (χ1v) is 7.35. The zero-order chi connectivity index (χ0) is 14.4. The van der Waals surface area contributed by atoms with E-state index in [4.69, 9.17) is 0 Å². The fourth-order valence-corrected chi connectivity index (χ4v) is 2.25. The molecule has 0 spiro atoms. The van der Waals surface area contributed by atoms with Gasteiger partial charge in [0, 0.05) is 15.8 Å². The van der Waals surface area contributed by atoms with Crippen LogP contribution in [0, 0.1) is 0 Å². The van der Waals surface area contributed by atoms with Crippen molar-refractivity contribution in [1.82, 2.24) is 0 Å². The molecule has 2 rings (SSSR count). The van der Waals surface area contributed by atoms with E-state index in [1.807, 2.05) is 42.5 Å². The quantitative estimate of drug-likeness (QED) is 0.866. The Morgan fingerprint density at radius 1 is 1.10 bits per heavy atom. The molecule has 1 amide bonds. The van der Waals surface area contributed by atoms with Crippen molar-refractivity contribution >= 4 is 33.2 Å². The van der Waals surface area contributed by atoms with Gasteiger partial charge in [0.05, 0.1) is 6.54 Å². The van der Waals surface area contributed by atoms with Crippen molar-refractivity contribution in [1.29, 1.82) is 0 Å². The van der Waals surface area contributed by atoms with Gasteiger partial charge in [-0.05, 0) is 42.3 Å². The molecule has 104 valence electrons. The molecule has 0 atom stereocenters. The minimum atomic E-state index is -0.0572. The molecule has 0 saturated heterocycles. The van der Waals surface area contributed by atoms with Crippen molar-refractivity contribution in [2.75, 3.05) is 17.2 Å². The number of hydrogen-bond acceptors (Lipinski definition) is 2. The summed E-state index contributed by atoms with van der Waals surface area (Å²) in [6.07, 6.45) is 0.958. The highest BCUT2D eigenvalue weighted by atomic mass is 79.9. The molecule has 0 aliphatic heterocycles. The Balaban J connectivity index is 1.89. The van der Waals surface area contributed by atoms with Gasteiger partial charge in [0.2, 0.25) is 5.91 Å². The van der Waals surface area contributed by atoms with Gasteiger partial charge in [-0.2, -0.15) is 0 Å². The lowest BCUT2D eigenvalue weighted by molar-refractivity contribution is -0.114. The molecule has 0 aromatic heterocycles. The third kappa shape index (κ3) is 4.38. The lowest BCUT2D eigenvalue weighted by Crippen LogP contribution is -2.21. The molecule has 4 heteroatoms. The summed E-state index contributed by atoms with van der Waals surface area (Å²) < 4.78 is 0.985. The van der Waals surface area contributed by atoms with Gasteiger partial charge >= 0.3 is 0 Å². The Kier molecular flexibility index (Phi) is 5.18. The average molecular weight is 333 g/mol. The predicted molar refractivity (Wildman–Crippen MR) is 87.1 cm³/mol. The van der Waals surface area contributed by atoms with E-state index in [-0.39, 0.29) is 12.5 Å². The van der Waals surface area contributed by atoms with Crippen LogP contribution in [-0.2, 0) is 11.2 Å². The number of hydrogen-bond donors (Lipinski definition) is 2. The fraction of sp³-hybridized carbons (Fsp3) is 0.188. The van der Waals surface area contributed by atoms with E-state index in [2.05, 4.69) is 39.6 Å². The maximum absolute atomic E-state index is 11.9. The van der Waals surface area contributed by atoms with Crippen molar-refractivity contribution < 1.29 is 4.79 Å². The number of carbonyl (C=O) groups is 1. The molecule has 0 fully saturated rings. The number of nitrogens with one attached hydrogen (secondary N) is 2. The maximum Gasteiger partial charge on any atom is 0.243 e. The van der Waals surface area contributed by atoms with E-state index in [0.717, 1.165) is 22.3 Å². The topological polar surface area (TPSA) is 41.1 Å². The van der Waals surface area contributed by atoms with Crippen LogP contribution in [0.4, 0.5) is 11.4 Å². The lowest BCUT2D eigenvalue weighted by Gasteiger charge is -2.09. The van der Waals surface area contributed by atoms with Crippen LogP contribution < -0.4 is 10.6 Å². The number of carbonyl (C=O) groups excluding carboxylic acids is 1. The number of amides is 1. The van der Waals surface area contributed by atoms with E-state index in [0.29, 0.717) is 0 Å². The van der Waals surface area contributed by atoms with Crippen LogP contribution in [-0.4, -0.2) is 12.5 Å². The van der Waals surface area contributed by atoms with Gasteiger partial charge < -0.3 is 10.6 Å². The Bertz CT molecular complexity index is 599. The summed E-state index contributed by atoms with van der Waals surface area (Å²) >= 11 is 3.40. The fourth-order valence-electron chi connectivity index (χ4n) is 1.85. The zero-order valence-electron chi connectivity index (χ0n) is 11.3. The first-order chi connectivity index (χ1) is 9.67. The molecule has 2 N–H and O–H groups in total. The number of anilines is 2. The number of rotatable bonds is 5. The van der Waals surface area contributed by atoms with E-state index >= 15 is 0 Å². The molecule has 20 heavy (non-hydrogen) atoms. The number of aryl methyl sites for hydroxylation is 1. The second-order valence-electron chi connectivity index (χ2n) is 4.47. The number of benzene rings is 2. The molecule has 2 aromatic carbocycles. The zero-order valence-corrected chi connectivity index (χ0v) is 12.9. The monoisotopic (exact) mass is 332 g/mol. The largest absolute Gasteiger partial charge is 0.376 e. The second kappa shape index (κ2) is 7.10. The second-order valence-corrected chi connectivity index (χ2v) is 5.38. The third-order valence-electron chi connectivity index (χ3n) is 2.90. The summed E-state index contributed by atoms with van der Waals surface area (Å²) in [5.74, 6) is -0.0572. The molecule has 0 heterocycles. The van der Waals surface area contributed by atoms with Gasteiger partial charge in [0.25, 0.3) is 0 Å². The molecular weight excluding hydrogens is 316 g/mol. The smallest absolute Gasteiger partial charge is 0.243 e. The molecule has 0 unspecified atom stereocenters. The highest BCUT2D eigenvalue weighted by molar-refractivity contribution is 9.10. The average Bonchev–Trinajstić information content (AvgIpc) is 2.45. The first-order valence-electron chi connectivity index (χ1n) is 6.55. The molecule has 0 aliphatic rings. The summed E-state index contributed by atoms with van der Waals surface area (Å²) in [6.45, 7) is 2.34. The van der Waals surface area contributed by atoms with Crippen molar-refractivity contribution in [2.24, 2.45) is 0 Å². The van der Waals surface area contributed by atoms with Crippen LogP contribution in [0.1, 0.15) is 12.5 Å². The van der Waals surface area contributed by atoms with Gasteiger partial charge in [-0.15, -0.1) is 0 Å². The maximum atomic E-state index is 11.9. The lowest BCUT2D eigenvalue weighted by atomic mass is 10.1. The van der Waals surface area contributed by atoms with Crippen molar-refractivity contribution in [2.45, 2.75) is 13.3 Å². The Morgan fingerprint density at radius 2 is 1.85 bits per heavy atom. The highest BCUT2D eigenvalue weighted by Crippen LogP contribution is 2.15. The summed E-state index contributed by atoms with van der Waals surface area (Å²) in [7, 11) is 0. The molecule has 0 bridgehead atoms. The molecular formula is C16H17BrN2O. The standard InChI is InChI=1S/C16H17BrN2O/c1-2-12-5-3-8-15(9-12)19-16(20)11-18-14-7-4-6-13(17)10-14/h3-10,18H,2,11H2,1H3,(H,19,20). The van der Waals surface area contributed by atoms with E-state index in [9.17, 15) is 4.79 Å². The van der Waals surface area contributed by atoms with Crippen LogP contribution in [0.5, 0.6) is 0 Å². The van der Waals surface area contributed by atoms with Crippen molar-refractivity contribution in [3.63, 3.8) is 0 Å². The summed E-state index contributed by atoms with van der Waals surface area (Å²) in [5, 5.41) is 5.98. The first kappa shape index (κ1) is 14.6. The van der Waals surface area contributed by atoms with Crippen molar-refractivity contribution in [3.8, 4) is 0 Å². The summed E-state index contributed by atoms with van der Waals surface area (Å²) in [5.41, 5.74) is 2.96. The van der Waals surface area contributed by atoms with Gasteiger partial charge in [-0.25, -0.2) is 0 Å². The van der Waals surface area contributed by atoms with Crippen molar-refractivity contribution in [3.05, 3.63) is 58.6 Å². The third-order valence-corrected chi connectivity index (χ3v) is 3.39. The van der Waals surface area contributed by atoms with Crippen LogP contribution in [0.3, 0.4) is 0 Å². The van der Waals surface area contributed by atoms with E-state index in [1.165, 1.54) is 5.56 Å². The van der Waals surface area contributed by atoms with E-state index in [1.54, 1.807) is 0 Å². The molecule has 2 aromatic rings. The minimum Gasteiger partial charge on any atom is -0.376 e. The Morgan fingerprint density at radius 3 is 2.60 bits per heavy atom. The van der Waals surface area contributed by atoms with Crippen LogP contribution in [0.2, 0.25) is 0 Å². The Labute approximate surface area is 127 Å². The molecule has 0 aliphatic carbocycles. The highest BCUT2D eigenvalue weighted by Gasteiger charge is 2.03. The summed E-state index contributed by atoms with van der Waals surface area (Å²) in [6, 6.07) is 15.6. The molecule has 0 radical (unpaired) electrons. The van der Waals surface area contributed by atoms with Gasteiger partial charge in [-0.3, -0.25) is 4.79 Å². The summed E-state index contributed by atoms with van der Waals surface area (Å²) in [4.78, 5) is 11.9.